The van der Waals surface area contributed by atoms with Crippen molar-refractivity contribution in [3.63, 3.8) is 0 Å². The summed E-state index contributed by atoms with van der Waals surface area (Å²) in [6, 6.07) is 6.76. The summed E-state index contributed by atoms with van der Waals surface area (Å²) < 4.78 is 5.40. The molecule has 0 bridgehead atoms. The molecule has 22 heavy (non-hydrogen) atoms. The topological polar surface area (TPSA) is 75.6 Å². The normalized spacial score (nSPS) is 15.4. The van der Waals surface area contributed by atoms with Gasteiger partial charge >= 0.3 is 5.97 Å². The van der Waals surface area contributed by atoms with E-state index in [9.17, 15) is 9.59 Å². The van der Waals surface area contributed by atoms with Crippen LogP contribution in [0.3, 0.4) is 0 Å². The SMILES string of the molecule is CC(C)c1ccc(OCC(=O)NC(CC2CC2)C(=O)O)cc1. The maximum atomic E-state index is 11.8. The molecule has 1 fully saturated rings. The molecule has 1 atom stereocenters. The highest BCUT2D eigenvalue weighted by atomic mass is 16.5. The molecule has 1 aromatic carbocycles. The third-order valence-corrected chi connectivity index (χ3v) is 3.82. The van der Waals surface area contributed by atoms with Gasteiger partial charge in [-0.2, -0.15) is 0 Å². The van der Waals surface area contributed by atoms with Crippen molar-refractivity contribution in [2.75, 3.05) is 6.61 Å². The average molecular weight is 305 g/mol. The Morgan fingerprint density at radius 3 is 2.41 bits per heavy atom. The highest BCUT2D eigenvalue weighted by Gasteiger charge is 2.30. The van der Waals surface area contributed by atoms with Gasteiger partial charge in [0, 0.05) is 0 Å². The van der Waals surface area contributed by atoms with Crippen molar-refractivity contribution in [1.82, 2.24) is 5.32 Å². The first-order valence-corrected chi connectivity index (χ1v) is 7.70. The number of carbonyl (C=O) groups is 2. The van der Waals surface area contributed by atoms with Crippen LogP contribution in [0.25, 0.3) is 0 Å². The smallest absolute Gasteiger partial charge is 0.326 e. The summed E-state index contributed by atoms with van der Waals surface area (Å²) in [5.41, 5.74) is 1.20. The Bertz CT molecular complexity index is 520. The minimum Gasteiger partial charge on any atom is -0.484 e. The van der Waals surface area contributed by atoms with Crippen LogP contribution in [0.1, 0.15) is 44.6 Å². The van der Waals surface area contributed by atoms with Crippen molar-refractivity contribution in [2.45, 2.75) is 45.1 Å². The number of benzene rings is 1. The molecule has 0 aromatic heterocycles. The summed E-state index contributed by atoms with van der Waals surface area (Å²) in [5, 5.41) is 11.6. The highest BCUT2D eigenvalue weighted by molar-refractivity contribution is 5.84. The molecular formula is C17H23NO4. The van der Waals surface area contributed by atoms with E-state index in [0.717, 1.165) is 12.8 Å². The lowest BCUT2D eigenvalue weighted by molar-refractivity contribution is -0.142. The summed E-state index contributed by atoms with van der Waals surface area (Å²) in [5.74, 6) is 0.0955. The standard InChI is InChI=1S/C17H23NO4/c1-11(2)13-5-7-14(8-6-13)22-10-16(19)18-15(17(20)21)9-12-3-4-12/h5-8,11-12,15H,3-4,9-10H2,1-2H3,(H,18,19)(H,20,21). The zero-order chi connectivity index (χ0) is 16.1. The molecule has 0 aliphatic heterocycles. The minimum atomic E-state index is -0.985. The van der Waals surface area contributed by atoms with Gasteiger partial charge in [-0.3, -0.25) is 4.79 Å². The van der Waals surface area contributed by atoms with Crippen LogP contribution in [0.4, 0.5) is 0 Å². The van der Waals surface area contributed by atoms with Gasteiger partial charge in [-0.1, -0.05) is 38.8 Å². The van der Waals surface area contributed by atoms with Crippen molar-refractivity contribution in [1.29, 1.82) is 0 Å². The molecule has 1 aromatic rings. The molecule has 0 heterocycles. The Morgan fingerprint density at radius 2 is 1.91 bits per heavy atom. The number of hydrogen-bond acceptors (Lipinski definition) is 3. The van der Waals surface area contributed by atoms with Crippen LogP contribution in [0.5, 0.6) is 5.75 Å². The van der Waals surface area contributed by atoms with E-state index in [-0.39, 0.29) is 6.61 Å². The maximum Gasteiger partial charge on any atom is 0.326 e. The van der Waals surface area contributed by atoms with E-state index >= 15 is 0 Å². The number of carboxylic acid groups (broad SMARTS) is 1. The van der Waals surface area contributed by atoms with Gasteiger partial charge in [-0.25, -0.2) is 4.79 Å². The fourth-order valence-corrected chi connectivity index (χ4v) is 2.24. The summed E-state index contributed by atoms with van der Waals surface area (Å²) in [7, 11) is 0. The lowest BCUT2D eigenvalue weighted by Crippen LogP contribution is -2.43. The van der Waals surface area contributed by atoms with Crippen LogP contribution in [0.2, 0.25) is 0 Å². The zero-order valence-corrected chi connectivity index (χ0v) is 13.0. The van der Waals surface area contributed by atoms with Gasteiger partial charge in [0.2, 0.25) is 0 Å². The van der Waals surface area contributed by atoms with Crippen molar-refractivity contribution >= 4 is 11.9 Å². The van der Waals surface area contributed by atoms with Crippen molar-refractivity contribution in [2.24, 2.45) is 5.92 Å². The van der Waals surface area contributed by atoms with Crippen molar-refractivity contribution in [3.05, 3.63) is 29.8 Å². The fraction of sp³-hybridized carbons (Fsp3) is 0.529. The average Bonchev–Trinajstić information content (AvgIpc) is 3.28. The number of hydrogen-bond donors (Lipinski definition) is 2. The third-order valence-electron chi connectivity index (χ3n) is 3.82. The van der Waals surface area contributed by atoms with Crippen LogP contribution in [0.15, 0.2) is 24.3 Å². The van der Waals surface area contributed by atoms with E-state index in [1.807, 2.05) is 24.3 Å². The van der Waals surface area contributed by atoms with E-state index < -0.39 is 17.9 Å². The zero-order valence-electron chi connectivity index (χ0n) is 13.0. The third kappa shape index (κ3) is 5.06. The molecule has 5 heteroatoms. The van der Waals surface area contributed by atoms with Crippen molar-refractivity contribution in [3.8, 4) is 5.75 Å². The molecule has 1 unspecified atom stereocenters. The molecule has 1 aliphatic carbocycles. The molecule has 5 nitrogen and oxygen atoms in total. The lowest BCUT2D eigenvalue weighted by Gasteiger charge is -2.14. The Hall–Kier alpha value is -2.04. The highest BCUT2D eigenvalue weighted by Crippen LogP contribution is 2.33. The second kappa shape index (κ2) is 7.29. The number of ether oxygens (including phenoxy) is 1. The summed E-state index contributed by atoms with van der Waals surface area (Å²) in [4.78, 5) is 22.9. The van der Waals surface area contributed by atoms with Gasteiger partial charge in [0.15, 0.2) is 6.61 Å². The Kier molecular flexibility index (Phi) is 5.41. The summed E-state index contributed by atoms with van der Waals surface area (Å²) in [6.45, 7) is 4.04. The molecule has 120 valence electrons. The van der Waals surface area contributed by atoms with E-state index in [0.29, 0.717) is 24.0 Å². The number of nitrogens with one attached hydrogen (secondary N) is 1. The van der Waals surface area contributed by atoms with Gasteiger partial charge in [0.05, 0.1) is 0 Å². The summed E-state index contributed by atoms with van der Waals surface area (Å²) in [6.07, 6.45) is 2.61. The van der Waals surface area contributed by atoms with Gasteiger partial charge in [0.25, 0.3) is 5.91 Å². The number of aliphatic carboxylic acids is 1. The molecule has 0 radical (unpaired) electrons. The van der Waals surface area contributed by atoms with Gasteiger partial charge in [-0.05, 0) is 36.0 Å². The van der Waals surface area contributed by atoms with Gasteiger partial charge in [0.1, 0.15) is 11.8 Å². The second-order valence-corrected chi connectivity index (χ2v) is 6.15. The Labute approximate surface area is 130 Å². The molecule has 0 spiro atoms. The molecule has 1 saturated carbocycles. The Morgan fingerprint density at radius 1 is 1.27 bits per heavy atom. The second-order valence-electron chi connectivity index (χ2n) is 6.15. The predicted octanol–water partition coefficient (Wildman–Crippen LogP) is 2.56. The first-order chi connectivity index (χ1) is 10.5. The number of rotatable bonds is 8. The monoisotopic (exact) mass is 305 g/mol. The minimum absolute atomic E-state index is 0.171. The Balaban J connectivity index is 1.79. The fourth-order valence-electron chi connectivity index (χ4n) is 2.24. The quantitative estimate of drug-likeness (QED) is 0.774. The van der Waals surface area contributed by atoms with Crippen LogP contribution >= 0.6 is 0 Å². The molecular weight excluding hydrogens is 282 g/mol. The van der Waals surface area contributed by atoms with Crippen LogP contribution in [-0.2, 0) is 9.59 Å². The van der Waals surface area contributed by atoms with E-state index in [1.54, 1.807) is 0 Å². The molecule has 2 rings (SSSR count). The van der Waals surface area contributed by atoms with E-state index in [4.69, 9.17) is 9.84 Å². The number of carbonyl (C=O) groups excluding carboxylic acids is 1. The molecule has 2 N–H and O–H groups in total. The molecule has 1 amide bonds. The largest absolute Gasteiger partial charge is 0.484 e. The van der Waals surface area contributed by atoms with Gasteiger partial charge < -0.3 is 15.2 Å². The molecule has 1 aliphatic rings. The molecule has 0 saturated heterocycles. The van der Waals surface area contributed by atoms with Crippen molar-refractivity contribution < 1.29 is 19.4 Å². The number of amides is 1. The van der Waals surface area contributed by atoms with Crippen LogP contribution < -0.4 is 10.1 Å². The van der Waals surface area contributed by atoms with Crippen LogP contribution in [-0.4, -0.2) is 29.6 Å². The first-order valence-electron chi connectivity index (χ1n) is 7.70. The summed E-state index contributed by atoms with van der Waals surface area (Å²) >= 11 is 0. The first kappa shape index (κ1) is 16.3. The van der Waals surface area contributed by atoms with E-state index in [2.05, 4.69) is 19.2 Å². The lowest BCUT2D eigenvalue weighted by atomic mass is 10.0. The van der Waals surface area contributed by atoms with Crippen LogP contribution in [0, 0.1) is 5.92 Å². The predicted molar refractivity (Wildman–Crippen MR) is 82.9 cm³/mol. The maximum absolute atomic E-state index is 11.8. The number of carboxylic acids is 1. The van der Waals surface area contributed by atoms with Gasteiger partial charge in [-0.15, -0.1) is 0 Å². The van der Waals surface area contributed by atoms with E-state index in [1.165, 1.54) is 5.56 Å².